The number of piperidine rings is 1. The molecule has 1 fully saturated rings. The largest absolute Gasteiger partial charge is 0.448 e. The molecular weight excluding hydrogens is 348 g/mol. The number of amides is 1. The first-order valence-corrected chi connectivity index (χ1v) is 8.49. The summed E-state index contributed by atoms with van der Waals surface area (Å²) in [6.07, 6.45) is 3.35. The maximum absolute atomic E-state index is 13.0. The molecule has 1 atom stereocenters. The third-order valence-corrected chi connectivity index (χ3v) is 4.75. The number of carbonyl (C=O) groups excluding carboxylic acids is 1. The van der Waals surface area contributed by atoms with Crippen LogP contribution in [0.5, 0.6) is 0 Å². The van der Waals surface area contributed by atoms with Crippen molar-refractivity contribution in [3.63, 3.8) is 0 Å². The third-order valence-electron chi connectivity index (χ3n) is 4.36. The number of ether oxygens (including phenoxy) is 1. The smallest absolute Gasteiger partial charge is 0.270 e. The molecule has 2 aromatic rings. The lowest BCUT2D eigenvalue weighted by atomic mass is 10.0. The predicted octanol–water partition coefficient (Wildman–Crippen LogP) is 3.66. The molecule has 22 heavy (non-hydrogen) atoms. The van der Waals surface area contributed by atoms with Crippen molar-refractivity contribution in [1.82, 2.24) is 9.47 Å². The van der Waals surface area contributed by atoms with E-state index in [0.717, 1.165) is 30.5 Å². The van der Waals surface area contributed by atoms with Crippen LogP contribution in [0.2, 0.25) is 0 Å². The second-order valence-corrected chi connectivity index (χ2v) is 6.60. The van der Waals surface area contributed by atoms with Crippen molar-refractivity contribution in [2.75, 3.05) is 20.3 Å². The maximum atomic E-state index is 13.0. The van der Waals surface area contributed by atoms with Crippen LogP contribution in [0.4, 0.5) is 0 Å². The summed E-state index contributed by atoms with van der Waals surface area (Å²) in [5.41, 5.74) is 2.35. The van der Waals surface area contributed by atoms with Gasteiger partial charge in [-0.15, -0.1) is 0 Å². The summed E-state index contributed by atoms with van der Waals surface area (Å²) in [4.78, 5) is 14.9. The molecule has 2 aromatic heterocycles. The molecule has 1 aliphatic rings. The molecule has 6 heteroatoms. The first kappa shape index (κ1) is 15.6. The SMILES string of the molecule is COCCn1c(C(=O)N2CCCCC2C)cc2oc(Br)cc21. The Morgan fingerprint density at radius 2 is 2.27 bits per heavy atom. The Bertz CT molecular complexity index is 676. The van der Waals surface area contributed by atoms with E-state index in [1.807, 2.05) is 21.6 Å². The summed E-state index contributed by atoms with van der Waals surface area (Å²) in [7, 11) is 1.67. The van der Waals surface area contributed by atoms with Gasteiger partial charge in [-0.25, -0.2) is 0 Å². The van der Waals surface area contributed by atoms with Crippen molar-refractivity contribution in [2.24, 2.45) is 0 Å². The van der Waals surface area contributed by atoms with Crippen LogP contribution < -0.4 is 0 Å². The number of fused-ring (bicyclic) bond motifs is 1. The molecule has 1 unspecified atom stereocenters. The Balaban J connectivity index is 1.97. The van der Waals surface area contributed by atoms with Crippen LogP contribution in [-0.2, 0) is 11.3 Å². The molecule has 1 aliphatic heterocycles. The van der Waals surface area contributed by atoms with E-state index in [1.165, 1.54) is 6.42 Å². The Morgan fingerprint density at radius 1 is 1.45 bits per heavy atom. The molecule has 0 bridgehead atoms. The van der Waals surface area contributed by atoms with Gasteiger partial charge in [-0.3, -0.25) is 4.79 Å². The summed E-state index contributed by atoms with van der Waals surface area (Å²) in [6.45, 7) is 4.15. The number of halogens is 1. The lowest BCUT2D eigenvalue weighted by Crippen LogP contribution is -2.42. The summed E-state index contributed by atoms with van der Waals surface area (Å²) in [5.74, 6) is 0.0887. The van der Waals surface area contributed by atoms with Crippen LogP contribution in [0, 0.1) is 0 Å². The van der Waals surface area contributed by atoms with E-state index in [-0.39, 0.29) is 5.91 Å². The molecule has 0 aromatic carbocycles. The maximum Gasteiger partial charge on any atom is 0.270 e. The van der Waals surface area contributed by atoms with Crippen molar-refractivity contribution >= 4 is 32.9 Å². The van der Waals surface area contributed by atoms with Gasteiger partial charge in [-0.2, -0.15) is 0 Å². The molecule has 120 valence electrons. The number of furan rings is 1. The molecule has 0 saturated carbocycles. The summed E-state index contributed by atoms with van der Waals surface area (Å²) >= 11 is 3.35. The van der Waals surface area contributed by atoms with Crippen LogP contribution in [0.1, 0.15) is 36.7 Å². The fourth-order valence-electron chi connectivity index (χ4n) is 3.16. The van der Waals surface area contributed by atoms with Gasteiger partial charge in [0.2, 0.25) is 0 Å². The minimum Gasteiger partial charge on any atom is -0.448 e. The van der Waals surface area contributed by atoms with Gasteiger partial charge in [0.25, 0.3) is 5.91 Å². The predicted molar refractivity (Wildman–Crippen MR) is 88.1 cm³/mol. The number of carbonyl (C=O) groups is 1. The van der Waals surface area contributed by atoms with Crippen LogP contribution in [0.25, 0.3) is 11.1 Å². The van der Waals surface area contributed by atoms with Gasteiger partial charge in [0, 0.05) is 38.4 Å². The quantitative estimate of drug-likeness (QED) is 0.827. The number of hydrogen-bond donors (Lipinski definition) is 0. The van der Waals surface area contributed by atoms with E-state index in [4.69, 9.17) is 9.15 Å². The van der Waals surface area contributed by atoms with Crippen molar-refractivity contribution in [2.45, 2.75) is 38.8 Å². The Morgan fingerprint density at radius 3 is 3.00 bits per heavy atom. The molecule has 3 rings (SSSR count). The molecule has 1 saturated heterocycles. The van der Waals surface area contributed by atoms with Crippen LogP contribution >= 0.6 is 15.9 Å². The zero-order valence-electron chi connectivity index (χ0n) is 13.0. The minimum atomic E-state index is 0.0887. The molecule has 0 radical (unpaired) electrons. The number of hydrogen-bond acceptors (Lipinski definition) is 3. The molecule has 0 N–H and O–H groups in total. The summed E-state index contributed by atoms with van der Waals surface area (Å²) in [6, 6.07) is 4.05. The highest BCUT2D eigenvalue weighted by Gasteiger charge is 2.28. The molecule has 5 nitrogen and oxygen atoms in total. The first-order valence-electron chi connectivity index (χ1n) is 7.70. The highest BCUT2D eigenvalue weighted by Crippen LogP contribution is 2.29. The van der Waals surface area contributed by atoms with E-state index in [9.17, 15) is 4.79 Å². The van der Waals surface area contributed by atoms with Gasteiger partial charge in [0.15, 0.2) is 10.3 Å². The van der Waals surface area contributed by atoms with Gasteiger partial charge in [-0.1, -0.05) is 0 Å². The van der Waals surface area contributed by atoms with E-state index in [0.29, 0.717) is 29.6 Å². The molecule has 1 amide bonds. The number of methoxy groups -OCH3 is 1. The van der Waals surface area contributed by atoms with Crippen molar-refractivity contribution < 1.29 is 13.9 Å². The van der Waals surface area contributed by atoms with Gasteiger partial charge >= 0.3 is 0 Å². The van der Waals surface area contributed by atoms with Crippen LogP contribution in [-0.4, -0.2) is 41.7 Å². The first-order chi connectivity index (χ1) is 10.6. The van der Waals surface area contributed by atoms with Gasteiger partial charge < -0.3 is 18.6 Å². The monoisotopic (exact) mass is 368 g/mol. The fourth-order valence-corrected chi connectivity index (χ4v) is 3.55. The average molecular weight is 369 g/mol. The number of aromatic nitrogens is 1. The Hall–Kier alpha value is -1.27. The second kappa shape index (κ2) is 6.46. The number of rotatable bonds is 4. The average Bonchev–Trinajstić information content (AvgIpc) is 3.01. The van der Waals surface area contributed by atoms with Crippen molar-refractivity contribution in [1.29, 1.82) is 0 Å². The number of nitrogens with zero attached hydrogens (tertiary/aromatic N) is 2. The molecule has 3 heterocycles. The lowest BCUT2D eigenvalue weighted by molar-refractivity contribution is 0.0623. The fraction of sp³-hybridized carbons (Fsp3) is 0.562. The molecule has 0 aliphatic carbocycles. The Kier molecular flexibility index (Phi) is 4.59. The van der Waals surface area contributed by atoms with Crippen molar-refractivity contribution in [3.05, 3.63) is 22.5 Å². The number of likely N-dealkylation sites (tertiary alicyclic amines) is 1. The summed E-state index contributed by atoms with van der Waals surface area (Å²) < 4.78 is 13.5. The lowest BCUT2D eigenvalue weighted by Gasteiger charge is -2.33. The second-order valence-electron chi connectivity index (χ2n) is 5.82. The van der Waals surface area contributed by atoms with Crippen LogP contribution in [0.3, 0.4) is 0 Å². The molecular formula is C16H21BrN2O3. The zero-order chi connectivity index (χ0) is 15.7. The highest BCUT2D eigenvalue weighted by molar-refractivity contribution is 9.10. The topological polar surface area (TPSA) is 47.6 Å². The standard InChI is InChI=1S/C16H21BrN2O3/c1-11-5-3-4-6-18(11)16(20)13-9-14-12(10-15(17)22-14)19(13)7-8-21-2/h9-11H,3-8H2,1-2H3. The van der Waals surface area contributed by atoms with Gasteiger partial charge in [0.1, 0.15) is 5.69 Å². The van der Waals surface area contributed by atoms with E-state index < -0.39 is 0 Å². The molecule has 0 spiro atoms. The third kappa shape index (κ3) is 2.82. The minimum absolute atomic E-state index is 0.0887. The van der Waals surface area contributed by atoms with E-state index >= 15 is 0 Å². The van der Waals surface area contributed by atoms with E-state index in [2.05, 4.69) is 22.9 Å². The van der Waals surface area contributed by atoms with E-state index in [1.54, 1.807) is 7.11 Å². The highest BCUT2D eigenvalue weighted by atomic mass is 79.9. The van der Waals surface area contributed by atoms with Gasteiger partial charge in [0.05, 0.1) is 12.1 Å². The summed E-state index contributed by atoms with van der Waals surface area (Å²) in [5, 5.41) is 0. The van der Waals surface area contributed by atoms with Gasteiger partial charge in [-0.05, 0) is 42.1 Å². The zero-order valence-corrected chi connectivity index (χ0v) is 14.6. The Labute approximate surface area is 138 Å². The van der Waals surface area contributed by atoms with Crippen LogP contribution in [0.15, 0.2) is 21.2 Å². The van der Waals surface area contributed by atoms with Crippen molar-refractivity contribution in [3.8, 4) is 0 Å². The normalized spacial score (nSPS) is 19.0.